The van der Waals surface area contributed by atoms with Gasteiger partial charge in [-0.2, -0.15) is 0 Å². The molecule has 3 rings (SSSR count). The van der Waals surface area contributed by atoms with Crippen molar-refractivity contribution in [1.29, 1.82) is 0 Å². The van der Waals surface area contributed by atoms with Crippen molar-refractivity contribution in [3.05, 3.63) is 70.8 Å². The fourth-order valence-corrected chi connectivity index (χ4v) is 2.23. The Morgan fingerprint density at radius 2 is 1.68 bits per heavy atom. The highest BCUT2D eigenvalue weighted by Crippen LogP contribution is 2.27. The number of rotatable bonds is 2. The van der Waals surface area contributed by atoms with Gasteiger partial charge in [0.05, 0.1) is 19.8 Å². The monoisotopic (exact) mass is 256 g/mol. The lowest BCUT2D eigenvalue weighted by Crippen LogP contribution is -2.05. The Morgan fingerprint density at radius 1 is 0.947 bits per heavy atom. The summed E-state index contributed by atoms with van der Waals surface area (Å²) in [6, 6.07) is 15.8. The SMILES string of the molecule is OCc1ccc2c(c1)COC(c1ccccc1)OC2. The average Bonchev–Trinajstić information content (AvgIpc) is 2.70. The average molecular weight is 256 g/mol. The van der Waals surface area contributed by atoms with Crippen LogP contribution in [0.2, 0.25) is 0 Å². The van der Waals surface area contributed by atoms with E-state index in [2.05, 4.69) is 0 Å². The maximum atomic E-state index is 9.17. The smallest absolute Gasteiger partial charge is 0.184 e. The zero-order valence-corrected chi connectivity index (χ0v) is 10.6. The highest BCUT2D eigenvalue weighted by atomic mass is 16.7. The molecule has 1 aliphatic rings. The van der Waals surface area contributed by atoms with Gasteiger partial charge in [-0.05, 0) is 16.7 Å². The van der Waals surface area contributed by atoms with E-state index in [0.717, 1.165) is 22.3 Å². The van der Waals surface area contributed by atoms with E-state index in [1.807, 2.05) is 48.5 Å². The zero-order valence-electron chi connectivity index (χ0n) is 10.6. The van der Waals surface area contributed by atoms with Gasteiger partial charge >= 0.3 is 0 Å². The van der Waals surface area contributed by atoms with Gasteiger partial charge in [-0.25, -0.2) is 0 Å². The molecule has 0 fully saturated rings. The molecule has 1 atom stereocenters. The van der Waals surface area contributed by atoms with Crippen LogP contribution in [0.25, 0.3) is 0 Å². The van der Waals surface area contributed by atoms with E-state index < -0.39 is 0 Å². The van der Waals surface area contributed by atoms with E-state index in [4.69, 9.17) is 14.6 Å². The summed E-state index contributed by atoms with van der Waals surface area (Å²) in [4.78, 5) is 0. The van der Waals surface area contributed by atoms with Crippen LogP contribution in [0, 0.1) is 0 Å². The summed E-state index contributed by atoms with van der Waals surface area (Å²) in [5, 5.41) is 9.17. The lowest BCUT2D eigenvalue weighted by Gasteiger charge is -2.15. The van der Waals surface area contributed by atoms with E-state index in [1.54, 1.807) is 0 Å². The first kappa shape index (κ1) is 12.4. The van der Waals surface area contributed by atoms with Crippen molar-refractivity contribution in [3.63, 3.8) is 0 Å². The number of hydrogen-bond donors (Lipinski definition) is 1. The van der Waals surface area contributed by atoms with Crippen molar-refractivity contribution in [2.45, 2.75) is 26.1 Å². The van der Waals surface area contributed by atoms with Crippen LogP contribution in [0.15, 0.2) is 48.5 Å². The molecule has 1 heterocycles. The van der Waals surface area contributed by atoms with Gasteiger partial charge in [-0.1, -0.05) is 48.5 Å². The minimum absolute atomic E-state index is 0.0518. The molecule has 0 saturated carbocycles. The third kappa shape index (κ3) is 2.68. The van der Waals surface area contributed by atoms with Gasteiger partial charge in [-0.15, -0.1) is 0 Å². The largest absolute Gasteiger partial charge is 0.392 e. The summed E-state index contributed by atoms with van der Waals surface area (Å²) in [5.41, 5.74) is 4.14. The molecular weight excluding hydrogens is 240 g/mol. The Labute approximate surface area is 112 Å². The van der Waals surface area contributed by atoms with Crippen LogP contribution >= 0.6 is 0 Å². The standard InChI is InChI=1S/C16H16O3/c17-9-12-6-7-14-10-18-16(19-11-15(14)8-12)13-4-2-1-3-5-13/h1-8,16-17H,9-11H2. The van der Waals surface area contributed by atoms with Crippen LogP contribution in [-0.4, -0.2) is 5.11 Å². The number of ether oxygens (including phenoxy) is 2. The molecule has 19 heavy (non-hydrogen) atoms. The molecule has 0 saturated heterocycles. The van der Waals surface area contributed by atoms with Gasteiger partial charge in [0.2, 0.25) is 0 Å². The lowest BCUT2D eigenvalue weighted by molar-refractivity contribution is -0.153. The second-order valence-corrected chi connectivity index (χ2v) is 4.63. The summed E-state index contributed by atoms with van der Waals surface area (Å²) < 4.78 is 11.6. The van der Waals surface area contributed by atoms with Gasteiger partial charge < -0.3 is 14.6 Å². The molecule has 3 heteroatoms. The quantitative estimate of drug-likeness (QED) is 0.897. The first-order valence-electron chi connectivity index (χ1n) is 6.36. The van der Waals surface area contributed by atoms with Crippen LogP contribution < -0.4 is 0 Å². The van der Waals surface area contributed by atoms with Crippen molar-refractivity contribution in [3.8, 4) is 0 Å². The van der Waals surface area contributed by atoms with E-state index in [0.29, 0.717) is 13.2 Å². The molecule has 0 radical (unpaired) electrons. The summed E-state index contributed by atoms with van der Waals surface area (Å²) in [7, 11) is 0. The number of hydrogen-bond acceptors (Lipinski definition) is 3. The van der Waals surface area contributed by atoms with Crippen LogP contribution in [0.4, 0.5) is 0 Å². The van der Waals surface area contributed by atoms with Crippen molar-refractivity contribution in [1.82, 2.24) is 0 Å². The Hall–Kier alpha value is -1.68. The van der Waals surface area contributed by atoms with E-state index in [1.165, 1.54) is 0 Å². The molecule has 2 aromatic rings. The molecule has 0 aromatic heterocycles. The molecule has 2 aromatic carbocycles. The molecule has 1 N–H and O–H groups in total. The van der Waals surface area contributed by atoms with Crippen molar-refractivity contribution in [2.75, 3.05) is 0 Å². The maximum absolute atomic E-state index is 9.17. The molecule has 0 spiro atoms. The number of fused-ring (bicyclic) bond motifs is 1. The van der Waals surface area contributed by atoms with Gasteiger partial charge in [0.15, 0.2) is 6.29 Å². The second-order valence-electron chi connectivity index (χ2n) is 4.63. The topological polar surface area (TPSA) is 38.7 Å². The first-order chi connectivity index (χ1) is 9.36. The van der Waals surface area contributed by atoms with Gasteiger partial charge in [0, 0.05) is 5.56 Å². The van der Waals surface area contributed by atoms with Crippen LogP contribution in [0.5, 0.6) is 0 Å². The Balaban J connectivity index is 1.81. The zero-order chi connectivity index (χ0) is 13.1. The summed E-state index contributed by atoms with van der Waals surface area (Å²) in [6.07, 6.45) is -0.328. The van der Waals surface area contributed by atoms with Gasteiger partial charge in [-0.3, -0.25) is 0 Å². The number of benzene rings is 2. The van der Waals surface area contributed by atoms with Crippen molar-refractivity contribution < 1.29 is 14.6 Å². The molecule has 1 unspecified atom stereocenters. The summed E-state index contributed by atoms with van der Waals surface area (Å²) in [5.74, 6) is 0. The molecule has 98 valence electrons. The third-order valence-electron chi connectivity index (χ3n) is 3.31. The summed E-state index contributed by atoms with van der Waals surface area (Å²) >= 11 is 0. The number of aliphatic hydroxyl groups is 1. The Kier molecular flexibility index (Phi) is 3.60. The van der Waals surface area contributed by atoms with E-state index >= 15 is 0 Å². The molecule has 0 aliphatic carbocycles. The molecule has 1 aliphatic heterocycles. The first-order valence-corrected chi connectivity index (χ1v) is 6.36. The fraction of sp³-hybridized carbons (Fsp3) is 0.250. The lowest BCUT2D eigenvalue weighted by atomic mass is 10.1. The van der Waals surface area contributed by atoms with Crippen molar-refractivity contribution >= 4 is 0 Å². The van der Waals surface area contributed by atoms with E-state index in [-0.39, 0.29) is 12.9 Å². The minimum Gasteiger partial charge on any atom is -0.392 e. The third-order valence-corrected chi connectivity index (χ3v) is 3.31. The maximum Gasteiger partial charge on any atom is 0.184 e. The predicted octanol–water partition coefficient (Wildman–Crippen LogP) is 2.92. The van der Waals surface area contributed by atoms with Crippen LogP contribution in [0.1, 0.15) is 28.5 Å². The molecule has 3 nitrogen and oxygen atoms in total. The highest BCUT2D eigenvalue weighted by Gasteiger charge is 2.18. The fourth-order valence-electron chi connectivity index (χ4n) is 2.23. The van der Waals surface area contributed by atoms with Gasteiger partial charge in [0.25, 0.3) is 0 Å². The second kappa shape index (κ2) is 5.53. The highest BCUT2D eigenvalue weighted by molar-refractivity contribution is 5.31. The molecule has 0 bridgehead atoms. The normalized spacial score (nSPS) is 18.7. The van der Waals surface area contributed by atoms with Crippen molar-refractivity contribution in [2.24, 2.45) is 0 Å². The predicted molar refractivity (Wildman–Crippen MR) is 71.1 cm³/mol. The molecule has 0 amide bonds. The van der Waals surface area contributed by atoms with E-state index in [9.17, 15) is 0 Å². The Bertz CT molecular complexity index is 551. The van der Waals surface area contributed by atoms with Crippen LogP contribution in [0.3, 0.4) is 0 Å². The van der Waals surface area contributed by atoms with Gasteiger partial charge in [0.1, 0.15) is 0 Å². The number of aliphatic hydroxyl groups excluding tert-OH is 1. The molecular formula is C16H16O3. The Morgan fingerprint density at radius 3 is 2.42 bits per heavy atom. The van der Waals surface area contributed by atoms with Crippen LogP contribution in [-0.2, 0) is 29.3 Å². The minimum atomic E-state index is -0.328. The summed E-state index contributed by atoms with van der Waals surface area (Å²) in [6.45, 7) is 1.08.